The van der Waals surface area contributed by atoms with Crippen molar-refractivity contribution in [3.05, 3.63) is 60.3 Å². The van der Waals surface area contributed by atoms with E-state index in [1.807, 2.05) is 24.3 Å². The van der Waals surface area contributed by atoms with Gasteiger partial charge >= 0.3 is 5.97 Å². The number of nitrogens with zero attached hydrogens (tertiary/aromatic N) is 4. The minimum absolute atomic E-state index is 0.161. The largest absolute Gasteiger partial charge is 0.497 e. The zero-order chi connectivity index (χ0) is 26.0. The number of fused-ring (bicyclic) bond motifs is 1. The molecular formula is C29H37FN4O3. The Kier molecular flexibility index (Phi) is 9.77. The summed E-state index contributed by atoms with van der Waals surface area (Å²) in [6, 6.07) is 9.13. The molecule has 0 unspecified atom stereocenters. The third-order valence-electron chi connectivity index (χ3n) is 7.56. The van der Waals surface area contributed by atoms with E-state index in [4.69, 9.17) is 4.74 Å². The molecule has 1 N–H and O–H groups in total. The van der Waals surface area contributed by atoms with Crippen molar-refractivity contribution in [1.29, 1.82) is 0 Å². The maximum atomic E-state index is 15.5. The van der Waals surface area contributed by atoms with E-state index in [1.54, 1.807) is 31.8 Å². The van der Waals surface area contributed by atoms with Crippen molar-refractivity contribution in [2.45, 2.75) is 57.5 Å². The summed E-state index contributed by atoms with van der Waals surface area (Å²) in [6.45, 7) is 2.84. The Morgan fingerprint density at radius 1 is 1.14 bits per heavy atom. The zero-order valence-electron chi connectivity index (χ0n) is 21.6. The summed E-state index contributed by atoms with van der Waals surface area (Å²) in [5.41, 5.74) is 1.40. The Balaban J connectivity index is 1.32. The molecule has 0 saturated carbocycles. The molecule has 37 heavy (non-hydrogen) atoms. The molecule has 198 valence electrons. The van der Waals surface area contributed by atoms with Crippen molar-refractivity contribution in [2.75, 3.05) is 26.7 Å². The summed E-state index contributed by atoms with van der Waals surface area (Å²) in [7, 11) is 1.60. The first-order valence-electron chi connectivity index (χ1n) is 13.3. The average molecular weight is 509 g/mol. The molecule has 1 aliphatic rings. The maximum Gasteiger partial charge on any atom is 0.303 e. The Morgan fingerprint density at radius 3 is 2.76 bits per heavy atom. The van der Waals surface area contributed by atoms with E-state index in [0.717, 1.165) is 68.5 Å². The van der Waals surface area contributed by atoms with Gasteiger partial charge in [-0.2, -0.15) is 0 Å². The van der Waals surface area contributed by atoms with Crippen LogP contribution in [0.2, 0.25) is 0 Å². The molecule has 0 bridgehead atoms. The molecule has 0 spiro atoms. The van der Waals surface area contributed by atoms with Crippen LogP contribution in [0.5, 0.6) is 5.75 Å². The van der Waals surface area contributed by atoms with Crippen molar-refractivity contribution in [2.24, 2.45) is 11.8 Å². The van der Waals surface area contributed by atoms with E-state index >= 15 is 4.39 Å². The highest BCUT2D eigenvalue weighted by Crippen LogP contribution is 2.36. The minimum atomic E-state index is -1.10. The fraction of sp³-hybridized carbons (Fsp3) is 0.517. The molecule has 0 amide bonds. The predicted octanol–water partition coefficient (Wildman–Crippen LogP) is 5.65. The number of carboxylic acids is 1. The van der Waals surface area contributed by atoms with Gasteiger partial charge in [-0.05, 0) is 99.3 Å². The van der Waals surface area contributed by atoms with Crippen LogP contribution in [-0.4, -0.2) is 57.7 Å². The van der Waals surface area contributed by atoms with E-state index in [9.17, 15) is 9.90 Å². The Labute approximate surface area is 218 Å². The van der Waals surface area contributed by atoms with Crippen molar-refractivity contribution in [3.8, 4) is 5.75 Å². The van der Waals surface area contributed by atoms with Gasteiger partial charge in [0.15, 0.2) is 0 Å². The molecular weight excluding hydrogens is 471 g/mol. The summed E-state index contributed by atoms with van der Waals surface area (Å²) >= 11 is 0. The summed E-state index contributed by atoms with van der Waals surface area (Å²) in [4.78, 5) is 26.7. The molecule has 1 fully saturated rings. The number of halogens is 1. The summed E-state index contributed by atoms with van der Waals surface area (Å²) in [6.07, 6.45) is 10.0. The fourth-order valence-corrected chi connectivity index (χ4v) is 5.52. The molecule has 3 atom stereocenters. The summed E-state index contributed by atoms with van der Waals surface area (Å²) in [5.74, 6) is 1.39. The number of rotatable bonds is 13. The van der Waals surface area contributed by atoms with Gasteiger partial charge in [-0.1, -0.05) is 0 Å². The number of hydrogen-bond acceptors (Lipinski definition) is 6. The van der Waals surface area contributed by atoms with Crippen LogP contribution < -0.4 is 4.74 Å². The van der Waals surface area contributed by atoms with E-state index in [2.05, 4.69) is 19.9 Å². The van der Waals surface area contributed by atoms with E-state index in [-0.39, 0.29) is 12.3 Å². The van der Waals surface area contributed by atoms with Crippen LogP contribution in [0, 0.1) is 11.8 Å². The van der Waals surface area contributed by atoms with Crippen molar-refractivity contribution in [3.63, 3.8) is 0 Å². The molecule has 3 heterocycles. The number of carbonyl (C=O) groups is 1. The van der Waals surface area contributed by atoms with Crippen LogP contribution in [0.1, 0.15) is 62.5 Å². The van der Waals surface area contributed by atoms with Crippen molar-refractivity contribution >= 4 is 16.9 Å². The van der Waals surface area contributed by atoms with Crippen LogP contribution in [0.3, 0.4) is 0 Å². The lowest BCUT2D eigenvalue weighted by molar-refractivity contribution is -0.137. The van der Waals surface area contributed by atoms with Gasteiger partial charge < -0.3 is 14.7 Å². The molecule has 1 aromatic carbocycles. The quantitative estimate of drug-likeness (QED) is 0.299. The minimum Gasteiger partial charge on any atom is -0.497 e. The standard InChI is InChI=1S/C29H37FN4O3/c1-37-23-8-10-27-25(19-23)24(12-16-31-27)26(30)9-6-21-13-18-34(20-22(21)7-11-29(35)36)17-3-2-5-28-32-14-4-15-33-28/h4,8,10,12,14-16,19,21-22,26H,2-3,5-7,9,11,13,17-18,20H2,1H3,(H,35,36)/t21-,22-,26-/m1/s1. The van der Waals surface area contributed by atoms with E-state index < -0.39 is 12.1 Å². The number of alkyl halides is 1. The number of benzene rings is 1. The van der Waals surface area contributed by atoms with Gasteiger partial charge in [-0.15, -0.1) is 0 Å². The Morgan fingerprint density at radius 2 is 1.97 bits per heavy atom. The molecule has 7 nitrogen and oxygen atoms in total. The lowest BCUT2D eigenvalue weighted by Gasteiger charge is -2.39. The molecule has 1 saturated heterocycles. The van der Waals surface area contributed by atoms with E-state index in [0.29, 0.717) is 30.1 Å². The number of piperidine rings is 1. The topological polar surface area (TPSA) is 88.4 Å². The Bertz CT molecular complexity index is 1150. The molecule has 0 aliphatic carbocycles. The number of hydrogen-bond donors (Lipinski definition) is 1. The highest BCUT2D eigenvalue weighted by Gasteiger charge is 2.30. The maximum absolute atomic E-state index is 15.5. The highest BCUT2D eigenvalue weighted by atomic mass is 19.1. The van der Waals surface area contributed by atoms with Gasteiger partial charge in [0, 0.05) is 43.4 Å². The third-order valence-corrected chi connectivity index (χ3v) is 7.56. The molecule has 1 aliphatic heterocycles. The van der Waals surface area contributed by atoms with Crippen molar-refractivity contribution in [1.82, 2.24) is 19.9 Å². The first kappa shape index (κ1) is 26.9. The van der Waals surface area contributed by atoms with Gasteiger partial charge in [0.05, 0.1) is 12.6 Å². The van der Waals surface area contributed by atoms with Crippen LogP contribution in [0.4, 0.5) is 4.39 Å². The van der Waals surface area contributed by atoms with Gasteiger partial charge in [0.1, 0.15) is 17.7 Å². The molecule has 8 heteroatoms. The Hall–Kier alpha value is -3.13. The van der Waals surface area contributed by atoms with Crippen LogP contribution in [0.15, 0.2) is 48.9 Å². The number of unbranched alkanes of at least 4 members (excludes halogenated alkanes) is 1. The number of aromatic nitrogens is 3. The van der Waals surface area contributed by atoms with Crippen molar-refractivity contribution < 1.29 is 19.0 Å². The smallest absolute Gasteiger partial charge is 0.303 e. The zero-order valence-corrected chi connectivity index (χ0v) is 21.6. The van der Waals surface area contributed by atoms with Gasteiger partial charge in [-0.3, -0.25) is 9.78 Å². The fourth-order valence-electron chi connectivity index (χ4n) is 5.52. The number of likely N-dealkylation sites (tertiary alicyclic amines) is 1. The lowest BCUT2D eigenvalue weighted by Crippen LogP contribution is -2.41. The predicted molar refractivity (Wildman–Crippen MR) is 141 cm³/mol. The number of pyridine rings is 1. The first-order valence-corrected chi connectivity index (χ1v) is 13.3. The number of methoxy groups -OCH3 is 1. The average Bonchev–Trinajstić information content (AvgIpc) is 2.93. The van der Waals surface area contributed by atoms with Gasteiger partial charge in [-0.25, -0.2) is 14.4 Å². The monoisotopic (exact) mass is 508 g/mol. The second-order valence-electron chi connectivity index (χ2n) is 9.99. The lowest BCUT2D eigenvalue weighted by atomic mass is 9.79. The second-order valence-corrected chi connectivity index (χ2v) is 9.99. The summed E-state index contributed by atoms with van der Waals surface area (Å²) < 4.78 is 20.9. The number of carboxylic acid groups (broad SMARTS) is 1. The van der Waals surface area contributed by atoms with Crippen LogP contribution in [-0.2, 0) is 11.2 Å². The summed E-state index contributed by atoms with van der Waals surface area (Å²) in [5, 5.41) is 10.1. The first-order chi connectivity index (χ1) is 18.0. The second kappa shape index (κ2) is 13.4. The number of aliphatic carboxylic acids is 1. The van der Waals surface area contributed by atoms with Crippen LogP contribution in [0.25, 0.3) is 10.9 Å². The normalized spacial score (nSPS) is 19.1. The van der Waals surface area contributed by atoms with E-state index in [1.165, 1.54) is 0 Å². The molecule has 3 aromatic rings. The van der Waals surface area contributed by atoms with Crippen LogP contribution >= 0.6 is 0 Å². The third kappa shape index (κ3) is 7.68. The number of aryl methyl sites for hydroxylation is 1. The molecule has 4 rings (SSSR count). The SMILES string of the molecule is COc1ccc2nccc([C@H](F)CC[C@@H]3CCN(CCCCc4ncccn4)C[C@H]3CCC(=O)O)c2c1. The van der Waals surface area contributed by atoms with Gasteiger partial charge in [0.2, 0.25) is 0 Å². The molecule has 2 aromatic heterocycles. The highest BCUT2D eigenvalue weighted by molar-refractivity contribution is 5.83. The van der Waals surface area contributed by atoms with Gasteiger partial charge in [0.25, 0.3) is 0 Å². The number of ether oxygens (including phenoxy) is 1. The molecule has 0 radical (unpaired) electrons.